The molecule has 0 amide bonds. The zero-order valence-electron chi connectivity index (χ0n) is 11.4. The lowest BCUT2D eigenvalue weighted by Gasteiger charge is -2.09. The molecule has 2 aromatic rings. The Morgan fingerprint density at radius 2 is 1.80 bits per heavy atom. The topological polar surface area (TPSA) is 75.3 Å². The van der Waals surface area contributed by atoms with Crippen LogP contribution < -0.4 is 11.1 Å². The van der Waals surface area contributed by atoms with E-state index in [0.29, 0.717) is 17.8 Å². The van der Waals surface area contributed by atoms with E-state index in [1.165, 1.54) is 6.92 Å². The molecule has 0 aliphatic rings. The highest BCUT2D eigenvalue weighted by atomic mass is 16.3. The minimum Gasteiger partial charge on any atom is -0.398 e. The molecule has 0 aliphatic heterocycles. The minimum atomic E-state index is -0.0431. The van der Waals surface area contributed by atoms with Crippen LogP contribution >= 0.6 is 0 Å². The molecule has 4 heteroatoms. The normalized spacial score (nSPS) is 10.3. The average Bonchev–Trinajstić information content (AvgIpc) is 2.46. The van der Waals surface area contributed by atoms with Crippen molar-refractivity contribution in [1.29, 1.82) is 0 Å². The summed E-state index contributed by atoms with van der Waals surface area (Å²) in [5.41, 5.74) is 9.63. The van der Waals surface area contributed by atoms with Gasteiger partial charge in [0.1, 0.15) is 0 Å². The molecule has 104 valence electrons. The largest absolute Gasteiger partial charge is 0.398 e. The average molecular weight is 270 g/mol. The molecule has 2 rings (SSSR count). The zero-order chi connectivity index (χ0) is 14.5. The fourth-order valence-electron chi connectivity index (χ4n) is 1.94. The standard InChI is InChI=1S/C16H18N2O2/c1-11(20)15-8-14(6-7-16(15)17)18-9-12-2-4-13(10-19)5-3-12/h2-8,18-19H,9-10,17H2,1H3. The van der Waals surface area contributed by atoms with E-state index in [1.807, 2.05) is 30.3 Å². The number of hydrogen-bond acceptors (Lipinski definition) is 4. The van der Waals surface area contributed by atoms with E-state index in [1.54, 1.807) is 12.1 Å². The molecule has 0 radical (unpaired) electrons. The van der Waals surface area contributed by atoms with Crippen LogP contribution in [0.5, 0.6) is 0 Å². The molecule has 0 unspecified atom stereocenters. The fraction of sp³-hybridized carbons (Fsp3) is 0.188. The van der Waals surface area contributed by atoms with Gasteiger partial charge in [-0.1, -0.05) is 24.3 Å². The van der Waals surface area contributed by atoms with Crippen molar-refractivity contribution >= 4 is 17.2 Å². The maximum Gasteiger partial charge on any atom is 0.161 e. The van der Waals surface area contributed by atoms with Crippen LogP contribution in [0.15, 0.2) is 42.5 Å². The highest BCUT2D eigenvalue weighted by molar-refractivity contribution is 6.00. The second kappa shape index (κ2) is 6.21. The van der Waals surface area contributed by atoms with Crippen LogP contribution in [0.3, 0.4) is 0 Å². The first kappa shape index (κ1) is 14.1. The van der Waals surface area contributed by atoms with Gasteiger partial charge in [-0.05, 0) is 36.2 Å². The first-order chi connectivity index (χ1) is 9.60. The minimum absolute atomic E-state index is 0.0431. The number of nitrogen functional groups attached to an aromatic ring is 1. The molecular formula is C16H18N2O2. The molecule has 4 nitrogen and oxygen atoms in total. The van der Waals surface area contributed by atoms with E-state index in [4.69, 9.17) is 10.8 Å². The second-order valence-electron chi connectivity index (χ2n) is 4.69. The van der Waals surface area contributed by atoms with Gasteiger partial charge in [-0.25, -0.2) is 0 Å². The summed E-state index contributed by atoms with van der Waals surface area (Å²) in [5, 5.41) is 12.2. The van der Waals surface area contributed by atoms with Crippen molar-refractivity contribution in [1.82, 2.24) is 0 Å². The summed E-state index contributed by atoms with van der Waals surface area (Å²) in [6.45, 7) is 2.20. The van der Waals surface area contributed by atoms with Crippen molar-refractivity contribution in [2.24, 2.45) is 0 Å². The van der Waals surface area contributed by atoms with Crippen molar-refractivity contribution in [3.05, 3.63) is 59.2 Å². The van der Waals surface area contributed by atoms with Crippen molar-refractivity contribution in [2.75, 3.05) is 11.1 Å². The molecule has 0 aromatic heterocycles. The summed E-state index contributed by atoms with van der Waals surface area (Å²) in [6, 6.07) is 13.0. The summed E-state index contributed by atoms with van der Waals surface area (Å²) in [7, 11) is 0. The molecular weight excluding hydrogens is 252 g/mol. The van der Waals surface area contributed by atoms with E-state index in [0.717, 1.165) is 16.8 Å². The Morgan fingerprint density at radius 3 is 2.40 bits per heavy atom. The molecule has 4 N–H and O–H groups in total. The van der Waals surface area contributed by atoms with Crippen molar-refractivity contribution < 1.29 is 9.90 Å². The first-order valence-electron chi connectivity index (χ1n) is 6.43. The zero-order valence-corrected chi connectivity index (χ0v) is 11.4. The number of carbonyl (C=O) groups excluding carboxylic acids is 1. The molecule has 0 heterocycles. The number of ketones is 1. The molecule has 0 spiro atoms. The number of benzene rings is 2. The molecule has 0 fully saturated rings. The Balaban J connectivity index is 2.06. The number of nitrogens with two attached hydrogens (primary N) is 1. The van der Waals surface area contributed by atoms with Gasteiger partial charge in [-0.3, -0.25) is 4.79 Å². The van der Waals surface area contributed by atoms with E-state index >= 15 is 0 Å². The number of hydrogen-bond donors (Lipinski definition) is 3. The number of aliphatic hydroxyl groups is 1. The summed E-state index contributed by atoms with van der Waals surface area (Å²) < 4.78 is 0. The second-order valence-corrected chi connectivity index (χ2v) is 4.69. The van der Waals surface area contributed by atoms with Crippen LogP contribution in [0.2, 0.25) is 0 Å². The molecule has 0 saturated carbocycles. The molecule has 20 heavy (non-hydrogen) atoms. The predicted molar refractivity (Wildman–Crippen MR) is 80.6 cm³/mol. The number of anilines is 2. The van der Waals surface area contributed by atoms with Gasteiger partial charge in [-0.2, -0.15) is 0 Å². The van der Waals surface area contributed by atoms with Gasteiger partial charge >= 0.3 is 0 Å². The van der Waals surface area contributed by atoms with E-state index in [-0.39, 0.29) is 12.4 Å². The van der Waals surface area contributed by atoms with Crippen LogP contribution in [-0.4, -0.2) is 10.9 Å². The number of nitrogens with one attached hydrogen (secondary N) is 1. The smallest absolute Gasteiger partial charge is 0.161 e. The SMILES string of the molecule is CC(=O)c1cc(NCc2ccc(CO)cc2)ccc1N. The number of carbonyl (C=O) groups is 1. The van der Waals surface area contributed by atoms with E-state index < -0.39 is 0 Å². The van der Waals surface area contributed by atoms with Gasteiger partial charge in [0.25, 0.3) is 0 Å². The Morgan fingerprint density at radius 1 is 1.15 bits per heavy atom. The summed E-state index contributed by atoms with van der Waals surface area (Å²) in [6.07, 6.45) is 0. The van der Waals surface area contributed by atoms with Gasteiger partial charge in [0, 0.05) is 23.5 Å². The third kappa shape index (κ3) is 3.36. The Labute approximate surface area is 118 Å². The van der Waals surface area contributed by atoms with E-state index in [2.05, 4.69) is 5.32 Å². The van der Waals surface area contributed by atoms with Crippen molar-refractivity contribution in [3.8, 4) is 0 Å². The van der Waals surface area contributed by atoms with Gasteiger partial charge in [0.2, 0.25) is 0 Å². The van der Waals surface area contributed by atoms with Crippen LogP contribution in [0, 0.1) is 0 Å². The van der Waals surface area contributed by atoms with Crippen LogP contribution in [-0.2, 0) is 13.2 Å². The first-order valence-corrected chi connectivity index (χ1v) is 6.43. The number of Topliss-reactive ketones (excluding diaryl/α,β-unsaturated/α-hetero) is 1. The summed E-state index contributed by atoms with van der Waals surface area (Å²) in [5.74, 6) is -0.0431. The Kier molecular flexibility index (Phi) is 4.38. The van der Waals surface area contributed by atoms with Crippen LogP contribution in [0.25, 0.3) is 0 Å². The predicted octanol–water partition coefficient (Wildman–Crippen LogP) is 2.58. The van der Waals surface area contributed by atoms with Crippen molar-refractivity contribution in [2.45, 2.75) is 20.1 Å². The van der Waals surface area contributed by atoms with Crippen LogP contribution in [0.4, 0.5) is 11.4 Å². The third-order valence-corrected chi connectivity index (χ3v) is 3.13. The van der Waals surface area contributed by atoms with Crippen molar-refractivity contribution in [3.63, 3.8) is 0 Å². The highest BCUT2D eigenvalue weighted by Crippen LogP contribution is 2.19. The Bertz CT molecular complexity index is 606. The summed E-state index contributed by atoms with van der Waals surface area (Å²) >= 11 is 0. The van der Waals surface area contributed by atoms with E-state index in [9.17, 15) is 4.79 Å². The molecule has 0 aliphatic carbocycles. The monoisotopic (exact) mass is 270 g/mol. The molecule has 0 saturated heterocycles. The van der Waals surface area contributed by atoms with Gasteiger partial charge in [-0.15, -0.1) is 0 Å². The Hall–Kier alpha value is -2.33. The lowest BCUT2D eigenvalue weighted by molar-refractivity contribution is 0.101. The van der Waals surface area contributed by atoms with Gasteiger partial charge < -0.3 is 16.2 Å². The molecule has 0 atom stereocenters. The lowest BCUT2D eigenvalue weighted by atomic mass is 10.1. The van der Waals surface area contributed by atoms with Crippen LogP contribution in [0.1, 0.15) is 28.4 Å². The maximum atomic E-state index is 11.4. The quantitative estimate of drug-likeness (QED) is 0.576. The highest BCUT2D eigenvalue weighted by Gasteiger charge is 2.05. The van der Waals surface area contributed by atoms with Gasteiger partial charge in [0.05, 0.1) is 6.61 Å². The van der Waals surface area contributed by atoms with Gasteiger partial charge in [0.15, 0.2) is 5.78 Å². The molecule has 2 aromatic carbocycles. The third-order valence-electron chi connectivity index (χ3n) is 3.13. The lowest BCUT2D eigenvalue weighted by Crippen LogP contribution is -2.04. The molecule has 0 bridgehead atoms. The number of rotatable bonds is 5. The summed E-state index contributed by atoms with van der Waals surface area (Å²) in [4.78, 5) is 11.4. The fourth-order valence-corrected chi connectivity index (χ4v) is 1.94. The number of aliphatic hydroxyl groups excluding tert-OH is 1. The maximum absolute atomic E-state index is 11.4.